The summed E-state index contributed by atoms with van der Waals surface area (Å²) in [6.45, 7) is 6.11. The smallest absolute Gasteiger partial charge is 0.237 e. The lowest BCUT2D eigenvalue weighted by Crippen LogP contribution is -2.23. The van der Waals surface area contributed by atoms with Gasteiger partial charge < -0.3 is 10.1 Å². The van der Waals surface area contributed by atoms with Gasteiger partial charge in [-0.15, -0.1) is 5.10 Å². The first-order valence-electron chi connectivity index (χ1n) is 8.99. The second kappa shape index (κ2) is 8.88. The lowest BCUT2D eigenvalue weighted by Gasteiger charge is -2.14. The summed E-state index contributed by atoms with van der Waals surface area (Å²) in [5, 5.41) is 15.0. The highest BCUT2D eigenvalue weighted by Crippen LogP contribution is 2.27. The molecule has 7 nitrogen and oxygen atoms in total. The number of anilines is 1. The predicted molar refractivity (Wildman–Crippen MR) is 110 cm³/mol. The Kier molecular flexibility index (Phi) is 6.30. The van der Waals surface area contributed by atoms with E-state index in [2.05, 4.69) is 46.8 Å². The van der Waals surface area contributed by atoms with Crippen molar-refractivity contribution < 1.29 is 9.53 Å². The van der Waals surface area contributed by atoms with Gasteiger partial charge in [-0.05, 0) is 53.1 Å². The number of methoxy groups -OCH3 is 1. The summed E-state index contributed by atoms with van der Waals surface area (Å²) in [5.74, 6) is 0.915. The Hall–Kier alpha value is -2.87. The van der Waals surface area contributed by atoms with Gasteiger partial charge in [0, 0.05) is 0 Å². The number of aromatic nitrogens is 4. The number of carbonyl (C=O) groups is 1. The highest BCUT2D eigenvalue weighted by molar-refractivity contribution is 8.00. The van der Waals surface area contributed by atoms with Crippen molar-refractivity contribution in [3.63, 3.8) is 0 Å². The molecule has 1 amide bonds. The highest BCUT2D eigenvalue weighted by atomic mass is 32.2. The van der Waals surface area contributed by atoms with Crippen LogP contribution >= 0.6 is 11.8 Å². The lowest BCUT2D eigenvalue weighted by atomic mass is 10.0. The summed E-state index contributed by atoms with van der Waals surface area (Å²) in [6, 6.07) is 15.4. The molecule has 8 heteroatoms. The van der Waals surface area contributed by atoms with Gasteiger partial charge in [-0.2, -0.15) is 4.68 Å². The zero-order valence-corrected chi connectivity index (χ0v) is 17.1. The van der Waals surface area contributed by atoms with E-state index in [9.17, 15) is 4.79 Å². The molecule has 3 aromatic rings. The molecule has 0 radical (unpaired) electrons. The number of tetrazole rings is 1. The molecule has 0 spiro atoms. The Morgan fingerprint density at radius 2 is 1.82 bits per heavy atom. The van der Waals surface area contributed by atoms with Crippen LogP contribution in [0.15, 0.2) is 53.7 Å². The quantitative estimate of drug-likeness (QED) is 0.609. The van der Waals surface area contributed by atoms with Crippen LogP contribution in [-0.2, 0) is 4.79 Å². The molecule has 1 atom stereocenters. The normalized spacial score (nSPS) is 12.0. The van der Waals surface area contributed by atoms with Gasteiger partial charge in [-0.1, -0.05) is 49.9 Å². The largest absolute Gasteiger partial charge is 0.495 e. The van der Waals surface area contributed by atoms with Gasteiger partial charge in [0.1, 0.15) is 5.75 Å². The maximum absolute atomic E-state index is 12.6. The summed E-state index contributed by atoms with van der Waals surface area (Å²) in [5.41, 5.74) is 2.73. The van der Waals surface area contributed by atoms with Crippen molar-refractivity contribution in [2.24, 2.45) is 0 Å². The molecular formula is C20H23N5O2S. The van der Waals surface area contributed by atoms with E-state index in [1.165, 1.54) is 17.3 Å². The third kappa shape index (κ3) is 4.51. The minimum absolute atomic E-state index is 0.154. The van der Waals surface area contributed by atoms with Gasteiger partial charge in [-0.25, -0.2) is 0 Å². The number of carbonyl (C=O) groups excluding carboxylic acids is 1. The van der Waals surface area contributed by atoms with Crippen molar-refractivity contribution in [2.75, 3.05) is 12.4 Å². The second-order valence-electron chi connectivity index (χ2n) is 6.57. The summed E-state index contributed by atoms with van der Waals surface area (Å²) < 4.78 is 6.92. The van der Waals surface area contributed by atoms with Crippen LogP contribution in [-0.4, -0.2) is 38.5 Å². The molecule has 1 heterocycles. The molecule has 3 rings (SSSR count). The number of hydrogen-bond acceptors (Lipinski definition) is 6. The topological polar surface area (TPSA) is 81.9 Å². The van der Waals surface area contributed by atoms with E-state index in [0.717, 1.165) is 5.69 Å². The molecule has 1 N–H and O–H groups in total. The molecule has 0 fully saturated rings. The van der Waals surface area contributed by atoms with E-state index < -0.39 is 5.25 Å². The second-order valence-corrected chi connectivity index (χ2v) is 7.88. The van der Waals surface area contributed by atoms with Crippen LogP contribution in [0.4, 0.5) is 5.69 Å². The number of ether oxygens (including phenoxy) is 1. The van der Waals surface area contributed by atoms with Gasteiger partial charge in [0.15, 0.2) is 0 Å². The number of thioether (sulfide) groups is 1. The van der Waals surface area contributed by atoms with E-state index in [-0.39, 0.29) is 5.91 Å². The van der Waals surface area contributed by atoms with Crippen molar-refractivity contribution in [3.05, 3.63) is 54.1 Å². The molecule has 0 unspecified atom stereocenters. The Labute approximate surface area is 168 Å². The van der Waals surface area contributed by atoms with Crippen molar-refractivity contribution in [1.82, 2.24) is 20.2 Å². The molecule has 146 valence electrons. The van der Waals surface area contributed by atoms with Crippen molar-refractivity contribution in [2.45, 2.75) is 37.1 Å². The molecule has 0 saturated carbocycles. The number of rotatable bonds is 7. The van der Waals surface area contributed by atoms with E-state index in [1.807, 2.05) is 31.2 Å². The summed E-state index contributed by atoms with van der Waals surface area (Å²) in [6.07, 6.45) is 0. The highest BCUT2D eigenvalue weighted by Gasteiger charge is 2.20. The zero-order chi connectivity index (χ0) is 20.1. The zero-order valence-electron chi connectivity index (χ0n) is 16.3. The molecular weight excluding hydrogens is 374 g/mol. The van der Waals surface area contributed by atoms with Crippen molar-refractivity contribution >= 4 is 23.4 Å². The maximum Gasteiger partial charge on any atom is 0.237 e. The van der Waals surface area contributed by atoms with E-state index >= 15 is 0 Å². The first-order chi connectivity index (χ1) is 13.5. The van der Waals surface area contributed by atoms with Crippen LogP contribution in [0.1, 0.15) is 32.3 Å². The predicted octanol–water partition coefficient (Wildman–Crippen LogP) is 3.91. The van der Waals surface area contributed by atoms with Crippen LogP contribution in [0.3, 0.4) is 0 Å². The third-order valence-electron chi connectivity index (χ3n) is 4.26. The van der Waals surface area contributed by atoms with Crippen LogP contribution < -0.4 is 10.1 Å². The molecule has 0 bridgehead atoms. The standard InChI is InChI=1S/C20H23N5O2S/c1-13(2)15-9-11-16(12-10-15)25-20(22-23-24-25)28-14(3)19(26)21-17-7-5-6-8-18(17)27-4/h5-14H,1-4H3,(H,21,26)/t14-/m1/s1. The van der Waals surface area contributed by atoms with Gasteiger partial charge >= 0.3 is 0 Å². The molecule has 0 aliphatic carbocycles. The van der Waals surface area contributed by atoms with E-state index in [0.29, 0.717) is 22.5 Å². The molecule has 0 aliphatic heterocycles. The van der Waals surface area contributed by atoms with Gasteiger partial charge in [0.05, 0.1) is 23.7 Å². The Morgan fingerprint density at radius 3 is 2.50 bits per heavy atom. The number of nitrogens with one attached hydrogen (secondary N) is 1. The first kappa shape index (κ1) is 19.9. The number of benzene rings is 2. The fraction of sp³-hybridized carbons (Fsp3) is 0.300. The Balaban J connectivity index is 1.72. The minimum Gasteiger partial charge on any atom is -0.495 e. The van der Waals surface area contributed by atoms with E-state index in [1.54, 1.807) is 23.9 Å². The molecule has 0 aliphatic rings. The number of para-hydroxylation sites is 2. The van der Waals surface area contributed by atoms with Gasteiger partial charge in [-0.3, -0.25) is 4.79 Å². The molecule has 0 saturated heterocycles. The Morgan fingerprint density at radius 1 is 1.11 bits per heavy atom. The van der Waals surface area contributed by atoms with Crippen molar-refractivity contribution in [1.29, 1.82) is 0 Å². The summed E-state index contributed by atoms with van der Waals surface area (Å²) >= 11 is 1.30. The molecule has 1 aromatic heterocycles. The lowest BCUT2D eigenvalue weighted by molar-refractivity contribution is -0.115. The average molecular weight is 398 g/mol. The minimum atomic E-state index is -0.399. The fourth-order valence-electron chi connectivity index (χ4n) is 2.61. The van der Waals surface area contributed by atoms with E-state index in [4.69, 9.17) is 4.74 Å². The fourth-order valence-corrected chi connectivity index (χ4v) is 3.42. The Bertz CT molecular complexity index is 940. The van der Waals surface area contributed by atoms with Gasteiger partial charge in [0.25, 0.3) is 0 Å². The number of nitrogens with zero attached hydrogens (tertiary/aromatic N) is 4. The van der Waals surface area contributed by atoms with Gasteiger partial charge in [0.2, 0.25) is 11.1 Å². The van der Waals surface area contributed by atoms with Crippen LogP contribution in [0, 0.1) is 0 Å². The van der Waals surface area contributed by atoms with Crippen LogP contribution in [0.2, 0.25) is 0 Å². The molecule has 28 heavy (non-hydrogen) atoms. The third-order valence-corrected chi connectivity index (χ3v) is 5.29. The number of hydrogen-bond donors (Lipinski definition) is 1. The number of amides is 1. The molecule has 2 aromatic carbocycles. The maximum atomic E-state index is 12.6. The van der Waals surface area contributed by atoms with Crippen LogP contribution in [0.25, 0.3) is 5.69 Å². The first-order valence-corrected chi connectivity index (χ1v) is 9.86. The van der Waals surface area contributed by atoms with Crippen LogP contribution in [0.5, 0.6) is 5.75 Å². The SMILES string of the molecule is COc1ccccc1NC(=O)[C@@H](C)Sc1nnnn1-c1ccc(C(C)C)cc1. The summed E-state index contributed by atoms with van der Waals surface area (Å²) in [7, 11) is 1.57. The monoisotopic (exact) mass is 397 g/mol. The van der Waals surface area contributed by atoms with Crippen molar-refractivity contribution in [3.8, 4) is 11.4 Å². The average Bonchev–Trinajstić information content (AvgIpc) is 3.16. The summed E-state index contributed by atoms with van der Waals surface area (Å²) in [4.78, 5) is 12.6.